The van der Waals surface area contributed by atoms with Gasteiger partial charge in [-0.25, -0.2) is 4.39 Å². The van der Waals surface area contributed by atoms with Crippen LogP contribution in [0.5, 0.6) is 0 Å². The van der Waals surface area contributed by atoms with E-state index >= 15 is 0 Å². The lowest BCUT2D eigenvalue weighted by Crippen LogP contribution is -2.05. The number of halogens is 1. The number of hydrogen-bond acceptors (Lipinski definition) is 2. The van der Waals surface area contributed by atoms with Crippen molar-refractivity contribution < 1.29 is 4.39 Å². The number of hydrogen-bond donors (Lipinski definition) is 1. The normalized spacial score (nSPS) is 11.7. The number of thioether (sulfide) groups is 1. The molecule has 0 saturated heterocycles. The van der Waals surface area contributed by atoms with Crippen LogP contribution in [0.25, 0.3) is 0 Å². The minimum Gasteiger partial charge on any atom is -0.398 e. The summed E-state index contributed by atoms with van der Waals surface area (Å²) in [6, 6.07) is 4.51. The lowest BCUT2D eigenvalue weighted by atomic mass is 9.94. The summed E-state index contributed by atoms with van der Waals surface area (Å²) in [6.45, 7) is 6.59. The van der Waals surface area contributed by atoms with Crippen LogP contribution in [-0.4, -0.2) is 5.75 Å². The maximum atomic E-state index is 12.9. The zero-order valence-corrected chi connectivity index (χ0v) is 10.3. The molecule has 84 valence electrons. The minimum absolute atomic E-state index is 0.220. The largest absolute Gasteiger partial charge is 0.398 e. The van der Waals surface area contributed by atoms with Gasteiger partial charge < -0.3 is 5.73 Å². The van der Waals surface area contributed by atoms with Crippen LogP contribution in [0.3, 0.4) is 0 Å². The third-order valence-electron chi connectivity index (χ3n) is 2.09. The predicted molar refractivity (Wildman–Crippen MR) is 65.6 cm³/mol. The van der Waals surface area contributed by atoms with Gasteiger partial charge in [0.1, 0.15) is 5.82 Å². The van der Waals surface area contributed by atoms with Crippen LogP contribution in [0.4, 0.5) is 10.1 Å². The summed E-state index contributed by atoms with van der Waals surface area (Å²) in [6.07, 6.45) is 1.09. The van der Waals surface area contributed by atoms with E-state index in [0.29, 0.717) is 11.1 Å². The first-order chi connectivity index (χ1) is 6.88. The van der Waals surface area contributed by atoms with Gasteiger partial charge in [0.25, 0.3) is 0 Å². The molecule has 0 aliphatic rings. The van der Waals surface area contributed by atoms with E-state index in [4.69, 9.17) is 5.73 Å². The van der Waals surface area contributed by atoms with Crippen LogP contribution < -0.4 is 5.73 Å². The fourth-order valence-corrected chi connectivity index (χ4v) is 2.47. The molecule has 3 heteroatoms. The molecule has 1 rings (SSSR count). The highest BCUT2D eigenvalue weighted by Crippen LogP contribution is 2.29. The topological polar surface area (TPSA) is 26.0 Å². The van der Waals surface area contributed by atoms with Crippen LogP contribution >= 0.6 is 11.8 Å². The number of rotatable bonds is 3. The molecule has 0 unspecified atom stereocenters. The van der Waals surface area contributed by atoms with Gasteiger partial charge in [-0.15, -0.1) is 11.8 Å². The van der Waals surface area contributed by atoms with Crippen LogP contribution in [0.15, 0.2) is 23.1 Å². The molecular weight excluding hydrogens is 209 g/mol. The molecule has 0 fully saturated rings. The highest BCUT2D eigenvalue weighted by Gasteiger charge is 2.10. The summed E-state index contributed by atoms with van der Waals surface area (Å²) in [5.41, 5.74) is 6.73. The van der Waals surface area contributed by atoms with Gasteiger partial charge in [-0.2, -0.15) is 0 Å². The van der Waals surface area contributed by atoms with E-state index < -0.39 is 0 Å². The summed E-state index contributed by atoms with van der Waals surface area (Å²) in [4.78, 5) is 0.847. The first-order valence-corrected chi connectivity index (χ1v) is 6.05. The van der Waals surface area contributed by atoms with E-state index in [2.05, 4.69) is 20.8 Å². The zero-order chi connectivity index (χ0) is 11.5. The zero-order valence-electron chi connectivity index (χ0n) is 9.51. The first-order valence-electron chi connectivity index (χ1n) is 5.06. The van der Waals surface area contributed by atoms with Gasteiger partial charge >= 0.3 is 0 Å². The second-order valence-corrected chi connectivity index (χ2v) is 5.98. The van der Waals surface area contributed by atoms with E-state index in [1.165, 1.54) is 12.1 Å². The van der Waals surface area contributed by atoms with E-state index in [-0.39, 0.29) is 5.82 Å². The van der Waals surface area contributed by atoms with E-state index in [0.717, 1.165) is 17.1 Å². The lowest BCUT2D eigenvalue weighted by Gasteiger charge is -2.17. The molecular formula is C12H18FNS. The third-order valence-corrected chi connectivity index (χ3v) is 3.16. The smallest absolute Gasteiger partial charge is 0.124 e. The fraction of sp³-hybridized carbons (Fsp3) is 0.500. The van der Waals surface area contributed by atoms with Crippen LogP contribution in [0, 0.1) is 11.2 Å². The lowest BCUT2D eigenvalue weighted by molar-refractivity contribution is 0.401. The van der Waals surface area contributed by atoms with Crippen LogP contribution in [0.2, 0.25) is 0 Å². The molecule has 0 atom stereocenters. The van der Waals surface area contributed by atoms with Crippen molar-refractivity contribution in [3.05, 3.63) is 24.0 Å². The Balaban J connectivity index is 2.54. The van der Waals surface area contributed by atoms with Crippen molar-refractivity contribution in [1.29, 1.82) is 0 Å². The van der Waals surface area contributed by atoms with Crippen molar-refractivity contribution in [3.8, 4) is 0 Å². The van der Waals surface area contributed by atoms with Crippen molar-refractivity contribution in [2.24, 2.45) is 5.41 Å². The van der Waals surface area contributed by atoms with Gasteiger partial charge in [0.15, 0.2) is 0 Å². The van der Waals surface area contributed by atoms with Gasteiger partial charge in [-0.1, -0.05) is 20.8 Å². The maximum Gasteiger partial charge on any atom is 0.124 e. The van der Waals surface area contributed by atoms with Crippen molar-refractivity contribution >= 4 is 17.4 Å². The van der Waals surface area contributed by atoms with Crippen LogP contribution in [0.1, 0.15) is 27.2 Å². The average molecular weight is 227 g/mol. The minimum atomic E-state index is -0.220. The fourth-order valence-electron chi connectivity index (χ4n) is 1.10. The highest BCUT2D eigenvalue weighted by atomic mass is 32.2. The third kappa shape index (κ3) is 4.56. The Labute approximate surface area is 95.2 Å². The molecule has 1 aromatic rings. The van der Waals surface area contributed by atoms with Gasteiger partial charge in [-0.3, -0.25) is 0 Å². The molecule has 0 spiro atoms. The molecule has 0 amide bonds. The second-order valence-electron chi connectivity index (χ2n) is 4.84. The van der Waals surface area contributed by atoms with E-state index in [1.54, 1.807) is 17.8 Å². The number of nitrogens with two attached hydrogens (primary N) is 1. The number of anilines is 1. The van der Waals surface area contributed by atoms with E-state index in [9.17, 15) is 4.39 Å². The van der Waals surface area contributed by atoms with Crippen molar-refractivity contribution in [2.45, 2.75) is 32.1 Å². The molecule has 0 saturated carbocycles. The van der Waals surface area contributed by atoms with Crippen molar-refractivity contribution in [3.63, 3.8) is 0 Å². The molecule has 0 aromatic heterocycles. The Morgan fingerprint density at radius 3 is 2.60 bits per heavy atom. The molecule has 0 bridgehead atoms. The standard InChI is InChI=1S/C12H18FNS/c1-12(2,3)6-7-15-11-8-9(13)4-5-10(11)14/h4-5,8H,6-7,14H2,1-3H3. The Morgan fingerprint density at radius 1 is 1.33 bits per heavy atom. The van der Waals surface area contributed by atoms with Gasteiger partial charge in [-0.05, 0) is 35.8 Å². The Morgan fingerprint density at radius 2 is 2.00 bits per heavy atom. The Hall–Kier alpha value is -0.700. The summed E-state index contributed by atoms with van der Waals surface area (Å²) >= 11 is 1.62. The molecule has 1 aromatic carbocycles. The van der Waals surface area contributed by atoms with Gasteiger partial charge in [0.05, 0.1) is 0 Å². The summed E-state index contributed by atoms with van der Waals surface area (Å²) in [5.74, 6) is 0.749. The van der Waals surface area contributed by atoms with Crippen molar-refractivity contribution in [1.82, 2.24) is 0 Å². The van der Waals surface area contributed by atoms with E-state index in [1.807, 2.05) is 0 Å². The Kier molecular flexibility index (Phi) is 4.03. The maximum absolute atomic E-state index is 12.9. The second kappa shape index (κ2) is 4.88. The molecule has 2 N–H and O–H groups in total. The first kappa shape index (κ1) is 12.4. The SMILES string of the molecule is CC(C)(C)CCSc1cc(F)ccc1N. The van der Waals surface area contributed by atoms with Gasteiger partial charge in [0.2, 0.25) is 0 Å². The quantitative estimate of drug-likeness (QED) is 0.625. The predicted octanol–water partition coefficient (Wildman–Crippen LogP) is 3.94. The monoisotopic (exact) mass is 227 g/mol. The molecule has 15 heavy (non-hydrogen) atoms. The average Bonchev–Trinajstić information content (AvgIpc) is 2.09. The number of nitrogen functional groups attached to an aromatic ring is 1. The summed E-state index contributed by atoms with van der Waals surface area (Å²) in [5, 5.41) is 0. The highest BCUT2D eigenvalue weighted by molar-refractivity contribution is 7.99. The van der Waals surface area contributed by atoms with Crippen molar-refractivity contribution in [2.75, 3.05) is 11.5 Å². The molecule has 1 nitrogen and oxygen atoms in total. The summed E-state index contributed by atoms with van der Waals surface area (Å²) < 4.78 is 12.9. The molecule has 0 radical (unpaired) electrons. The van der Waals surface area contributed by atoms with Gasteiger partial charge in [0, 0.05) is 10.6 Å². The number of benzene rings is 1. The van der Waals surface area contributed by atoms with Crippen LogP contribution in [-0.2, 0) is 0 Å². The summed E-state index contributed by atoms with van der Waals surface area (Å²) in [7, 11) is 0. The molecule has 0 aliphatic heterocycles. The Bertz CT molecular complexity index is 331. The molecule has 0 heterocycles. The molecule has 0 aliphatic carbocycles.